The van der Waals surface area contributed by atoms with Gasteiger partial charge in [0.15, 0.2) is 5.11 Å². The molecule has 2 aromatic rings. The van der Waals surface area contributed by atoms with Gasteiger partial charge < -0.3 is 10.1 Å². The van der Waals surface area contributed by atoms with Gasteiger partial charge in [0.05, 0.1) is 17.7 Å². The molecule has 0 unspecified atom stereocenters. The predicted octanol–water partition coefficient (Wildman–Crippen LogP) is 2.73. The Labute approximate surface area is 137 Å². The number of hydrogen-bond donors (Lipinski definition) is 2. The molecule has 118 valence electrons. The number of non-ortho nitro benzene ring substituents is 1. The van der Waals surface area contributed by atoms with Gasteiger partial charge in [-0.3, -0.25) is 20.2 Å². The molecule has 2 N–H and O–H groups in total. The van der Waals surface area contributed by atoms with Crippen molar-refractivity contribution in [2.24, 2.45) is 0 Å². The first-order valence-corrected chi connectivity index (χ1v) is 6.92. The maximum absolute atomic E-state index is 12.0. The van der Waals surface area contributed by atoms with Crippen molar-refractivity contribution in [1.29, 1.82) is 0 Å². The summed E-state index contributed by atoms with van der Waals surface area (Å²) in [6.07, 6.45) is 0. The predicted molar refractivity (Wildman–Crippen MR) is 89.8 cm³/mol. The highest BCUT2D eigenvalue weighted by molar-refractivity contribution is 7.80. The highest BCUT2D eigenvalue weighted by Crippen LogP contribution is 2.28. The number of anilines is 1. The molecule has 7 nitrogen and oxygen atoms in total. The van der Waals surface area contributed by atoms with E-state index < -0.39 is 4.92 Å². The van der Waals surface area contributed by atoms with Gasteiger partial charge in [0, 0.05) is 17.7 Å². The van der Waals surface area contributed by atoms with Gasteiger partial charge in [-0.1, -0.05) is 18.2 Å². The Morgan fingerprint density at radius 3 is 2.52 bits per heavy atom. The van der Waals surface area contributed by atoms with E-state index in [4.69, 9.17) is 17.0 Å². The number of carbonyl (C=O) groups is 1. The lowest BCUT2D eigenvalue weighted by Crippen LogP contribution is -2.34. The number of carbonyl (C=O) groups excluding carboxylic acids is 1. The van der Waals surface area contributed by atoms with E-state index in [0.29, 0.717) is 17.0 Å². The van der Waals surface area contributed by atoms with Crippen LogP contribution in [0.2, 0.25) is 0 Å². The molecule has 2 aromatic carbocycles. The third kappa shape index (κ3) is 4.24. The number of nitro groups is 1. The largest absolute Gasteiger partial charge is 0.495 e. The maximum Gasteiger partial charge on any atom is 0.271 e. The Morgan fingerprint density at radius 2 is 1.91 bits per heavy atom. The van der Waals surface area contributed by atoms with Gasteiger partial charge in [-0.25, -0.2) is 0 Å². The minimum atomic E-state index is -0.532. The summed E-state index contributed by atoms with van der Waals surface area (Å²) in [5.74, 6) is -0.0144. The van der Waals surface area contributed by atoms with Gasteiger partial charge >= 0.3 is 0 Å². The lowest BCUT2D eigenvalue weighted by atomic mass is 10.2. The summed E-state index contributed by atoms with van der Waals surface area (Å²) in [6.45, 7) is 0. The van der Waals surface area contributed by atoms with Crippen molar-refractivity contribution in [2.75, 3.05) is 12.4 Å². The van der Waals surface area contributed by atoms with Crippen molar-refractivity contribution in [3.8, 4) is 5.75 Å². The first-order valence-electron chi connectivity index (χ1n) is 6.51. The molecular formula is C15H13N3O4S. The molecule has 0 saturated heterocycles. The summed E-state index contributed by atoms with van der Waals surface area (Å²) in [4.78, 5) is 22.3. The quantitative estimate of drug-likeness (QED) is 0.508. The van der Waals surface area contributed by atoms with Crippen LogP contribution in [0.5, 0.6) is 5.75 Å². The fraction of sp³-hybridized carbons (Fsp3) is 0.0667. The van der Waals surface area contributed by atoms with Crippen LogP contribution in [0.3, 0.4) is 0 Å². The minimum Gasteiger partial charge on any atom is -0.495 e. The molecule has 0 bridgehead atoms. The highest BCUT2D eigenvalue weighted by atomic mass is 32.1. The smallest absolute Gasteiger partial charge is 0.271 e. The SMILES string of the molecule is COc1ccc([N+](=O)[O-])cc1NC(=S)NC(=O)c1ccccc1. The number of nitrogens with zero attached hydrogens (tertiary/aromatic N) is 1. The number of thiocarbonyl (C=S) groups is 1. The van der Waals surface area contributed by atoms with E-state index in [1.54, 1.807) is 30.3 Å². The second kappa shape index (κ2) is 7.32. The minimum absolute atomic E-state index is 0.0117. The van der Waals surface area contributed by atoms with Gasteiger partial charge in [0.25, 0.3) is 11.6 Å². The van der Waals surface area contributed by atoms with Crippen LogP contribution < -0.4 is 15.4 Å². The molecule has 23 heavy (non-hydrogen) atoms. The number of rotatable bonds is 4. The molecule has 0 heterocycles. The average Bonchev–Trinajstić information content (AvgIpc) is 2.55. The van der Waals surface area contributed by atoms with Gasteiger partial charge in [-0.15, -0.1) is 0 Å². The zero-order chi connectivity index (χ0) is 16.8. The van der Waals surface area contributed by atoms with Crippen molar-refractivity contribution < 1.29 is 14.5 Å². The maximum atomic E-state index is 12.0. The van der Waals surface area contributed by atoms with Crippen LogP contribution in [-0.4, -0.2) is 23.1 Å². The summed E-state index contributed by atoms with van der Waals surface area (Å²) < 4.78 is 5.11. The number of nitro benzene ring substituents is 1. The van der Waals surface area contributed by atoms with Crippen LogP contribution >= 0.6 is 12.2 Å². The zero-order valence-electron chi connectivity index (χ0n) is 12.1. The Morgan fingerprint density at radius 1 is 1.22 bits per heavy atom. The van der Waals surface area contributed by atoms with E-state index in [2.05, 4.69) is 10.6 Å². The van der Waals surface area contributed by atoms with Crippen molar-refractivity contribution in [3.05, 3.63) is 64.2 Å². The van der Waals surface area contributed by atoms with E-state index >= 15 is 0 Å². The molecule has 0 aliphatic heterocycles. The lowest BCUT2D eigenvalue weighted by Gasteiger charge is -2.12. The summed E-state index contributed by atoms with van der Waals surface area (Å²) in [5.41, 5.74) is 0.619. The van der Waals surface area contributed by atoms with E-state index in [1.807, 2.05) is 0 Å². The molecule has 0 aromatic heterocycles. The Kier molecular flexibility index (Phi) is 5.21. The molecule has 0 atom stereocenters. The number of amides is 1. The summed E-state index contributed by atoms with van der Waals surface area (Å²) in [6, 6.07) is 12.6. The normalized spacial score (nSPS) is 9.78. The molecule has 0 fully saturated rings. The summed E-state index contributed by atoms with van der Waals surface area (Å²) in [7, 11) is 1.43. The van der Waals surface area contributed by atoms with Gasteiger partial charge in [-0.2, -0.15) is 0 Å². The Bertz CT molecular complexity index is 750. The second-order valence-electron chi connectivity index (χ2n) is 4.42. The molecule has 0 spiro atoms. The molecule has 0 saturated carbocycles. The molecule has 0 aliphatic carbocycles. The molecule has 2 rings (SSSR count). The zero-order valence-corrected chi connectivity index (χ0v) is 12.9. The Balaban J connectivity index is 2.12. The molecule has 8 heteroatoms. The van der Waals surface area contributed by atoms with Crippen LogP contribution in [0.4, 0.5) is 11.4 Å². The van der Waals surface area contributed by atoms with E-state index in [1.165, 1.54) is 25.3 Å². The third-order valence-corrected chi connectivity index (χ3v) is 3.11. The number of methoxy groups -OCH3 is 1. The van der Waals surface area contributed by atoms with Gasteiger partial charge in [0.2, 0.25) is 0 Å². The standard InChI is InChI=1S/C15H13N3O4S/c1-22-13-8-7-11(18(20)21)9-12(13)16-15(23)17-14(19)10-5-3-2-4-6-10/h2-9H,1H3,(H2,16,17,19,23). The number of ether oxygens (including phenoxy) is 1. The van der Waals surface area contributed by atoms with Crippen molar-refractivity contribution in [1.82, 2.24) is 5.32 Å². The van der Waals surface area contributed by atoms with Gasteiger partial charge in [0.1, 0.15) is 5.75 Å². The fourth-order valence-corrected chi connectivity index (χ4v) is 2.03. The summed E-state index contributed by atoms with van der Waals surface area (Å²) >= 11 is 5.06. The van der Waals surface area contributed by atoms with Crippen molar-refractivity contribution >= 4 is 34.6 Å². The van der Waals surface area contributed by atoms with Crippen LogP contribution in [-0.2, 0) is 0 Å². The topological polar surface area (TPSA) is 93.5 Å². The number of hydrogen-bond acceptors (Lipinski definition) is 5. The van der Waals surface area contributed by atoms with Crippen LogP contribution in [0.25, 0.3) is 0 Å². The monoisotopic (exact) mass is 331 g/mol. The molecule has 0 aliphatic rings. The van der Waals surface area contributed by atoms with E-state index in [-0.39, 0.29) is 16.7 Å². The first kappa shape index (κ1) is 16.4. The van der Waals surface area contributed by atoms with Crippen LogP contribution in [0.15, 0.2) is 48.5 Å². The first-order chi connectivity index (χ1) is 11.0. The number of nitrogens with one attached hydrogen (secondary N) is 2. The van der Waals surface area contributed by atoms with Crippen molar-refractivity contribution in [3.63, 3.8) is 0 Å². The van der Waals surface area contributed by atoms with Crippen LogP contribution in [0, 0.1) is 10.1 Å². The Hall–Kier alpha value is -3.00. The van der Waals surface area contributed by atoms with Gasteiger partial charge in [-0.05, 0) is 30.4 Å². The van der Waals surface area contributed by atoms with Crippen molar-refractivity contribution in [2.45, 2.75) is 0 Å². The lowest BCUT2D eigenvalue weighted by molar-refractivity contribution is -0.384. The molecule has 1 amide bonds. The van der Waals surface area contributed by atoms with Crippen LogP contribution in [0.1, 0.15) is 10.4 Å². The second-order valence-corrected chi connectivity index (χ2v) is 4.82. The molecular weight excluding hydrogens is 318 g/mol. The summed E-state index contributed by atoms with van der Waals surface area (Å²) in [5, 5.41) is 16.1. The highest BCUT2D eigenvalue weighted by Gasteiger charge is 2.13. The average molecular weight is 331 g/mol. The van der Waals surface area contributed by atoms with E-state index in [0.717, 1.165) is 0 Å². The third-order valence-electron chi connectivity index (χ3n) is 2.91. The molecule has 0 radical (unpaired) electrons. The number of benzene rings is 2. The van der Waals surface area contributed by atoms with E-state index in [9.17, 15) is 14.9 Å². The fourth-order valence-electron chi connectivity index (χ4n) is 1.83.